The number of hydrogen-bond donors (Lipinski definition) is 1. The van der Waals surface area contributed by atoms with Crippen LogP contribution in [0, 0.1) is 5.41 Å². The van der Waals surface area contributed by atoms with Gasteiger partial charge in [-0.15, -0.1) is 0 Å². The fourth-order valence-electron chi connectivity index (χ4n) is 3.45. The first-order chi connectivity index (χ1) is 9.60. The van der Waals surface area contributed by atoms with E-state index in [0.717, 1.165) is 37.8 Å². The van der Waals surface area contributed by atoms with Crippen LogP contribution < -0.4 is 5.32 Å². The topological polar surface area (TPSA) is 12.0 Å². The van der Waals surface area contributed by atoms with E-state index in [4.69, 9.17) is 0 Å². The Kier molecular flexibility index (Phi) is 4.39. The maximum atomic E-state index is 12.6. The second-order valence-corrected chi connectivity index (χ2v) is 7.42. The zero-order valence-corrected chi connectivity index (χ0v) is 13.0. The summed E-state index contributed by atoms with van der Waals surface area (Å²) in [5.41, 5.74) is 0.624. The molecule has 1 aliphatic heterocycles. The normalized spacial score (nSPS) is 23.5. The number of benzene rings is 1. The fourth-order valence-corrected chi connectivity index (χ4v) is 3.45. The molecule has 1 aromatic rings. The van der Waals surface area contributed by atoms with Gasteiger partial charge in [0.1, 0.15) is 0 Å². The Morgan fingerprint density at radius 1 is 1.10 bits per heavy atom. The van der Waals surface area contributed by atoms with Crippen LogP contribution in [0.25, 0.3) is 0 Å². The van der Waals surface area contributed by atoms with E-state index in [0.29, 0.717) is 0 Å². The largest absolute Gasteiger partial charge is 0.416 e. The molecule has 0 aromatic heterocycles. The lowest BCUT2D eigenvalue weighted by Crippen LogP contribution is -2.44. The minimum absolute atomic E-state index is 0.0258. The van der Waals surface area contributed by atoms with Gasteiger partial charge in [0.25, 0.3) is 0 Å². The first-order valence-electron chi connectivity index (χ1n) is 7.51. The van der Waals surface area contributed by atoms with Gasteiger partial charge in [0, 0.05) is 5.54 Å². The van der Waals surface area contributed by atoms with Crippen LogP contribution in [0.2, 0.25) is 0 Å². The minimum Gasteiger partial charge on any atom is -0.311 e. The van der Waals surface area contributed by atoms with Gasteiger partial charge in [-0.25, -0.2) is 0 Å². The van der Waals surface area contributed by atoms with Gasteiger partial charge < -0.3 is 5.32 Å². The van der Waals surface area contributed by atoms with Crippen molar-refractivity contribution in [2.24, 2.45) is 5.41 Å². The van der Waals surface area contributed by atoms with Crippen molar-refractivity contribution in [1.82, 2.24) is 5.32 Å². The van der Waals surface area contributed by atoms with Crippen LogP contribution >= 0.6 is 0 Å². The minimum atomic E-state index is -4.26. The highest BCUT2D eigenvalue weighted by Crippen LogP contribution is 2.36. The highest BCUT2D eigenvalue weighted by atomic mass is 19.4. The van der Waals surface area contributed by atoms with Crippen molar-refractivity contribution in [2.75, 3.05) is 6.54 Å². The molecule has 4 heteroatoms. The number of hydrogen-bond acceptors (Lipinski definition) is 1. The van der Waals surface area contributed by atoms with Gasteiger partial charge in [-0.1, -0.05) is 32.9 Å². The molecule has 1 N–H and O–H groups in total. The van der Waals surface area contributed by atoms with E-state index in [1.54, 1.807) is 12.1 Å². The summed E-state index contributed by atoms with van der Waals surface area (Å²) in [5.74, 6) is 0. The molecule has 1 unspecified atom stereocenters. The first-order valence-corrected chi connectivity index (χ1v) is 7.51. The summed E-state index contributed by atoms with van der Waals surface area (Å²) in [4.78, 5) is 0. The molecule has 2 rings (SSSR count). The standard InChI is InChI=1S/C17H24F3N/c1-15(2,3)12-16(9-4-10-21-16)11-13-5-7-14(8-6-13)17(18,19)20/h5-8,21H,4,9-12H2,1-3H3. The van der Waals surface area contributed by atoms with Crippen LogP contribution in [0.5, 0.6) is 0 Å². The maximum Gasteiger partial charge on any atom is 0.416 e. The van der Waals surface area contributed by atoms with Crippen molar-refractivity contribution in [3.05, 3.63) is 35.4 Å². The van der Waals surface area contributed by atoms with Crippen LogP contribution in [0.1, 0.15) is 51.2 Å². The highest BCUT2D eigenvalue weighted by Gasteiger charge is 2.37. The van der Waals surface area contributed by atoms with E-state index in [1.165, 1.54) is 12.1 Å². The molecule has 1 aliphatic rings. The maximum absolute atomic E-state index is 12.6. The van der Waals surface area contributed by atoms with Gasteiger partial charge in [0.05, 0.1) is 5.56 Å². The third-order valence-electron chi connectivity index (χ3n) is 4.02. The smallest absolute Gasteiger partial charge is 0.311 e. The van der Waals surface area contributed by atoms with Gasteiger partial charge in [-0.3, -0.25) is 0 Å². The SMILES string of the molecule is CC(C)(C)CC1(Cc2ccc(C(F)(F)F)cc2)CCCN1. The van der Waals surface area contributed by atoms with Gasteiger partial charge >= 0.3 is 6.18 Å². The number of nitrogens with one attached hydrogen (secondary N) is 1. The lowest BCUT2D eigenvalue weighted by molar-refractivity contribution is -0.137. The van der Waals surface area contributed by atoms with E-state index < -0.39 is 11.7 Å². The Labute approximate surface area is 124 Å². The van der Waals surface area contributed by atoms with E-state index in [-0.39, 0.29) is 11.0 Å². The zero-order chi connectivity index (χ0) is 15.7. The van der Waals surface area contributed by atoms with Gasteiger partial charge in [0.15, 0.2) is 0 Å². The van der Waals surface area contributed by atoms with Crippen molar-refractivity contribution in [1.29, 1.82) is 0 Å². The van der Waals surface area contributed by atoms with Crippen molar-refractivity contribution in [3.63, 3.8) is 0 Å². The molecule has 0 spiro atoms. The molecule has 118 valence electrons. The van der Waals surface area contributed by atoms with Crippen LogP contribution in [-0.4, -0.2) is 12.1 Å². The van der Waals surface area contributed by atoms with E-state index in [2.05, 4.69) is 26.1 Å². The second-order valence-electron chi connectivity index (χ2n) is 7.42. The summed E-state index contributed by atoms with van der Waals surface area (Å²) < 4.78 is 37.8. The Morgan fingerprint density at radius 3 is 2.14 bits per heavy atom. The average Bonchev–Trinajstić information content (AvgIpc) is 2.74. The molecule has 1 saturated heterocycles. The summed E-state index contributed by atoms with van der Waals surface area (Å²) in [6, 6.07) is 5.62. The van der Waals surface area contributed by atoms with Crippen molar-refractivity contribution < 1.29 is 13.2 Å². The lowest BCUT2D eigenvalue weighted by Gasteiger charge is -2.36. The Bertz CT molecular complexity index is 462. The van der Waals surface area contributed by atoms with Crippen molar-refractivity contribution in [3.8, 4) is 0 Å². The van der Waals surface area contributed by atoms with Crippen LogP contribution in [0.15, 0.2) is 24.3 Å². The van der Waals surface area contributed by atoms with E-state index in [9.17, 15) is 13.2 Å². The van der Waals surface area contributed by atoms with Crippen LogP contribution in [0.3, 0.4) is 0 Å². The molecule has 1 aromatic carbocycles. The summed E-state index contributed by atoms with van der Waals surface area (Å²) in [6.07, 6.45) is -0.210. The predicted octanol–water partition coefficient (Wildman–Crippen LogP) is 4.81. The Hall–Kier alpha value is -1.03. The van der Waals surface area contributed by atoms with E-state index >= 15 is 0 Å². The highest BCUT2D eigenvalue weighted by molar-refractivity contribution is 5.26. The van der Waals surface area contributed by atoms with Gasteiger partial charge in [-0.05, 0) is 55.3 Å². The molecule has 21 heavy (non-hydrogen) atoms. The number of halogens is 3. The molecule has 1 fully saturated rings. The van der Waals surface area contributed by atoms with Crippen LogP contribution in [0.4, 0.5) is 13.2 Å². The predicted molar refractivity (Wildman–Crippen MR) is 79.2 cm³/mol. The molecule has 0 amide bonds. The summed E-state index contributed by atoms with van der Waals surface area (Å²) in [6.45, 7) is 7.63. The van der Waals surface area contributed by atoms with Gasteiger partial charge in [-0.2, -0.15) is 13.2 Å². The average molecular weight is 299 g/mol. The summed E-state index contributed by atoms with van der Waals surface area (Å²) in [7, 11) is 0. The molecule has 0 saturated carbocycles. The van der Waals surface area contributed by atoms with Crippen molar-refractivity contribution in [2.45, 2.75) is 58.2 Å². The quantitative estimate of drug-likeness (QED) is 0.845. The summed E-state index contributed by atoms with van der Waals surface area (Å²) in [5, 5.41) is 3.60. The zero-order valence-electron chi connectivity index (χ0n) is 13.0. The number of alkyl halides is 3. The second kappa shape index (κ2) is 5.64. The monoisotopic (exact) mass is 299 g/mol. The molecule has 1 atom stereocenters. The first kappa shape index (κ1) is 16.3. The Morgan fingerprint density at radius 2 is 1.71 bits per heavy atom. The van der Waals surface area contributed by atoms with Crippen molar-refractivity contribution >= 4 is 0 Å². The third-order valence-corrected chi connectivity index (χ3v) is 4.02. The number of rotatable bonds is 3. The fraction of sp³-hybridized carbons (Fsp3) is 0.647. The molecule has 0 aliphatic carbocycles. The third kappa shape index (κ3) is 4.47. The van der Waals surface area contributed by atoms with Gasteiger partial charge in [0.2, 0.25) is 0 Å². The molecular formula is C17H24F3N. The van der Waals surface area contributed by atoms with E-state index in [1.807, 2.05) is 0 Å². The van der Waals surface area contributed by atoms with Crippen LogP contribution in [-0.2, 0) is 12.6 Å². The lowest BCUT2D eigenvalue weighted by atomic mass is 9.75. The summed E-state index contributed by atoms with van der Waals surface area (Å²) >= 11 is 0. The Balaban J connectivity index is 2.14. The molecule has 0 bridgehead atoms. The molecular weight excluding hydrogens is 275 g/mol. The molecule has 1 nitrogen and oxygen atoms in total. The molecule has 0 radical (unpaired) electrons. The molecule has 1 heterocycles.